The maximum absolute atomic E-state index is 13.1. The molecule has 0 aliphatic rings. The van der Waals surface area contributed by atoms with Gasteiger partial charge in [-0.25, -0.2) is 4.79 Å². The van der Waals surface area contributed by atoms with Crippen molar-refractivity contribution in [3.05, 3.63) is 23.2 Å². The lowest BCUT2D eigenvalue weighted by Crippen LogP contribution is -2.12. The Bertz CT molecular complexity index is 643. The van der Waals surface area contributed by atoms with Gasteiger partial charge in [-0.2, -0.15) is 13.2 Å². The Morgan fingerprint density at radius 2 is 1.80 bits per heavy atom. The van der Waals surface area contributed by atoms with E-state index in [9.17, 15) is 27.3 Å². The summed E-state index contributed by atoms with van der Waals surface area (Å²) in [5, 5.41) is 0. The van der Waals surface area contributed by atoms with Crippen LogP contribution in [0.25, 0.3) is 0 Å². The molecule has 0 amide bonds. The summed E-state index contributed by atoms with van der Waals surface area (Å²) in [6.45, 7) is 3.98. The number of hydrogen-bond acceptors (Lipinski definition) is 7. The number of carbonyl (C=O) groups is 2. The van der Waals surface area contributed by atoms with Gasteiger partial charge in [0.05, 0.1) is 19.8 Å². The topological polar surface area (TPSA) is 92.0 Å². The van der Waals surface area contributed by atoms with E-state index in [4.69, 9.17) is 9.05 Å². The van der Waals surface area contributed by atoms with Crippen LogP contribution in [0.5, 0.6) is 0 Å². The van der Waals surface area contributed by atoms with Crippen molar-refractivity contribution in [1.29, 1.82) is 0 Å². The SMILES string of the molecule is CCOC(=O)c1cc(C(C=O)P(=O)(OCC)OCC)oc1C(F)(F)F. The molecular weight excluding hydrogens is 368 g/mol. The van der Waals surface area contributed by atoms with Gasteiger partial charge in [-0.15, -0.1) is 0 Å². The first-order valence-electron chi connectivity index (χ1n) is 7.36. The van der Waals surface area contributed by atoms with E-state index in [-0.39, 0.29) is 26.1 Å². The van der Waals surface area contributed by atoms with Gasteiger partial charge in [-0.3, -0.25) is 4.57 Å². The average molecular weight is 386 g/mol. The molecule has 0 aliphatic carbocycles. The van der Waals surface area contributed by atoms with Crippen LogP contribution in [-0.2, 0) is 29.3 Å². The van der Waals surface area contributed by atoms with Gasteiger partial charge in [0, 0.05) is 0 Å². The maximum Gasteiger partial charge on any atom is 0.450 e. The second kappa shape index (κ2) is 8.64. The monoisotopic (exact) mass is 386 g/mol. The Morgan fingerprint density at radius 3 is 2.20 bits per heavy atom. The molecule has 1 aromatic rings. The summed E-state index contributed by atoms with van der Waals surface area (Å²) in [4.78, 5) is 23.1. The predicted molar refractivity (Wildman–Crippen MR) is 79.3 cm³/mol. The van der Waals surface area contributed by atoms with Crippen LogP contribution in [0.15, 0.2) is 10.5 Å². The van der Waals surface area contributed by atoms with Crippen LogP contribution >= 0.6 is 7.60 Å². The van der Waals surface area contributed by atoms with Crippen molar-refractivity contribution in [2.75, 3.05) is 19.8 Å². The van der Waals surface area contributed by atoms with E-state index in [2.05, 4.69) is 9.15 Å². The number of aldehydes is 1. The minimum atomic E-state index is -5.02. The smallest absolute Gasteiger partial charge is 0.450 e. The molecule has 11 heteroatoms. The molecule has 0 saturated heterocycles. The molecule has 7 nitrogen and oxygen atoms in total. The zero-order valence-corrected chi connectivity index (χ0v) is 14.7. The number of halogens is 3. The lowest BCUT2D eigenvalue weighted by atomic mass is 10.2. The number of esters is 1. The fourth-order valence-electron chi connectivity index (χ4n) is 1.98. The Labute approximate surface area is 141 Å². The number of rotatable bonds is 9. The van der Waals surface area contributed by atoms with E-state index in [0.717, 1.165) is 0 Å². The highest BCUT2D eigenvalue weighted by Crippen LogP contribution is 2.60. The molecule has 0 aliphatic heterocycles. The molecule has 1 aromatic heterocycles. The normalized spacial score (nSPS) is 13.5. The third-order valence-corrected chi connectivity index (χ3v) is 5.18. The Kier molecular flexibility index (Phi) is 7.40. The van der Waals surface area contributed by atoms with Gasteiger partial charge in [-0.1, -0.05) is 0 Å². The lowest BCUT2D eigenvalue weighted by molar-refractivity contribution is -0.154. The lowest BCUT2D eigenvalue weighted by Gasteiger charge is -2.20. The Balaban J connectivity index is 3.46. The van der Waals surface area contributed by atoms with Crippen LogP contribution in [0.2, 0.25) is 0 Å². The summed E-state index contributed by atoms with van der Waals surface area (Å²) in [6, 6.07) is 0.671. The largest absolute Gasteiger partial charge is 0.462 e. The Hall–Kier alpha value is -1.64. The van der Waals surface area contributed by atoms with E-state index in [1.807, 2.05) is 0 Å². The van der Waals surface area contributed by atoms with Gasteiger partial charge in [-0.05, 0) is 26.8 Å². The van der Waals surface area contributed by atoms with E-state index in [0.29, 0.717) is 6.07 Å². The highest BCUT2D eigenvalue weighted by Gasteiger charge is 2.45. The van der Waals surface area contributed by atoms with Gasteiger partial charge in [0.25, 0.3) is 0 Å². The molecule has 1 rings (SSSR count). The van der Waals surface area contributed by atoms with E-state index in [1.54, 1.807) is 0 Å². The van der Waals surface area contributed by atoms with Crippen LogP contribution in [0.1, 0.15) is 48.3 Å². The Morgan fingerprint density at radius 1 is 1.24 bits per heavy atom. The third kappa shape index (κ3) is 4.93. The molecular formula is C14H18F3O7P. The fourth-order valence-corrected chi connectivity index (χ4v) is 3.69. The van der Waals surface area contributed by atoms with E-state index >= 15 is 0 Å². The molecule has 142 valence electrons. The zero-order chi connectivity index (χ0) is 19.3. The number of carbonyl (C=O) groups excluding carboxylic acids is 2. The second-order valence-corrected chi connectivity index (χ2v) is 6.72. The molecule has 1 unspecified atom stereocenters. The quantitative estimate of drug-likeness (QED) is 0.360. The number of alkyl halides is 3. The molecule has 1 atom stereocenters. The number of furan rings is 1. The molecule has 1 heterocycles. The minimum Gasteiger partial charge on any atom is -0.462 e. The first-order chi connectivity index (χ1) is 11.6. The van der Waals surface area contributed by atoms with Crippen molar-refractivity contribution in [3.63, 3.8) is 0 Å². The number of ether oxygens (including phenoxy) is 1. The summed E-state index contributed by atoms with van der Waals surface area (Å²) in [6.07, 6.45) is -4.92. The summed E-state index contributed by atoms with van der Waals surface area (Å²) in [5.74, 6) is -3.58. The maximum atomic E-state index is 13.1. The highest BCUT2D eigenvalue weighted by atomic mass is 31.2. The predicted octanol–water partition coefficient (Wildman–Crippen LogP) is 3.98. The van der Waals surface area contributed by atoms with Crippen molar-refractivity contribution in [3.8, 4) is 0 Å². The zero-order valence-electron chi connectivity index (χ0n) is 13.8. The first-order valence-corrected chi connectivity index (χ1v) is 8.97. The van der Waals surface area contributed by atoms with E-state index in [1.165, 1.54) is 20.8 Å². The summed E-state index contributed by atoms with van der Waals surface area (Å²) >= 11 is 0. The van der Waals surface area contributed by atoms with E-state index < -0.39 is 42.5 Å². The summed E-state index contributed by atoms with van der Waals surface area (Å²) < 4.78 is 71.1. The molecule has 0 N–H and O–H groups in total. The van der Waals surface area contributed by atoms with Crippen molar-refractivity contribution in [2.24, 2.45) is 0 Å². The molecule has 0 aromatic carbocycles. The van der Waals surface area contributed by atoms with Crippen molar-refractivity contribution >= 4 is 19.9 Å². The molecule has 0 bridgehead atoms. The van der Waals surface area contributed by atoms with Gasteiger partial charge in [0.15, 0.2) is 5.66 Å². The number of hydrogen-bond donors (Lipinski definition) is 0. The molecule has 0 saturated carbocycles. The third-order valence-electron chi connectivity index (χ3n) is 2.88. The van der Waals surface area contributed by atoms with Crippen LogP contribution in [0.4, 0.5) is 13.2 Å². The summed E-state index contributed by atoms with van der Waals surface area (Å²) in [5.41, 5.74) is -2.67. The second-order valence-electron chi connectivity index (χ2n) is 4.57. The van der Waals surface area contributed by atoms with Gasteiger partial charge in [0.1, 0.15) is 17.6 Å². The van der Waals surface area contributed by atoms with Crippen LogP contribution in [0.3, 0.4) is 0 Å². The highest BCUT2D eigenvalue weighted by molar-refractivity contribution is 7.55. The standard InChI is InChI=1S/C14H18F3O7P/c1-4-21-13(19)9-7-10(24-12(9)14(15,16)17)11(8-18)25(20,22-5-2)23-6-3/h7-8,11H,4-6H2,1-3H3. The molecule has 25 heavy (non-hydrogen) atoms. The van der Waals surface area contributed by atoms with Crippen molar-refractivity contribution < 1.29 is 45.5 Å². The van der Waals surface area contributed by atoms with Crippen molar-refractivity contribution in [1.82, 2.24) is 0 Å². The van der Waals surface area contributed by atoms with Crippen LogP contribution in [-0.4, -0.2) is 32.1 Å². The molecule has 0 radical (unpaired) electrons. The molecule has 0 spiro atoms. The van der Waals surface area contributed by atoms with Gasteiger partial charge in [0.2, 0.25) is 5.76 Å². The fraction of sp³-hybridized carbons (Fsp3) is 0.571. The van der Waals surface area contributed by atoms with Gasteiger partial charge >= 0.3 is 19.7 Å². The van der Waals surface area contributed by atoms with Crippen LogP contribution < -0.4 is 0 Å². The van der Waals surface area contributed by atoms with Gasteiger partial charge < -0.3 is 23.0 Å². The minimum absolute atomic E-state index is 0.0972. The van der Waals surface area contributed by atoms with Crippen LogP contribution in [0, 0.1) is 0 Å². The molecule has 0 fully saturated rings. The summed E-state index contributed by atoms with van der Waals surface area (Å²) in [7, 11) is -4.14. The van der Waals surface area contributed by atoms with Crippen molar-refractivity contribution in [2.45, 2.75) is 32.6 Å². The first kappa shape index (κ1) is 21.4. The average Bonchev–Trinajstić information content (AvgIpc) is 2.93.